The molecule has 44 heavy (non-hydrogen) atoms. The highest BCUT2D eigenvalue weighted by Gasteiger charge is 2.17. The number of rotatable bonds is 5. The summed E-state index contributed by atoms with van der Waals surface area (Å²) in [4.78, 5) is 0. The van der Waals surface area contributed by atoms with Crippen LogP contribution in [0.25, 0.3) is 76.5 Å². The highest BCUT2D eigenvalue weighted by atomic mass is 16.3. The summed E-state index contributed by atoms with van der Waals surface area (Å²) in [6, 6.07) is 47.4. The van der Waals surface area contributed by atoms with Crippen molar-refractivity contribution < 1.29 is 4.42 Å². The fraction of sp³-hybridized carbons (Fsp3) is 0.0233. The molecule has 0 bridgehead atoms. The zero-order valence-corrected chi connectivity index (χ0v) is 24.5. The lowest BCUT2D eigenvalue weighted by atomic mass is 9.85. The minimum Gasteiger partial charge on any atom is -0.456 e. The van der Waals surface area contributed by atoms with Crippen LogP contribution >= 0.6 is 0 Å². The second-order valence-electron chi connectivity index (χ2n) is 11.4. The van der Waals surface area contributed by atoms with Gasteiger partial charge in [0, 0.05) is 10.8 Å². The lowest BCUT2D eigenvalue weighted by molar-refractivity contribution is 0.669. The molecule has 1 heterocycles. The Bertz CT molecular complexity index is 2400. The van der Waals surface area contributed by atoms with Crippen LogP contribution in [0.15, 0.2) is 163 Å². The molecule has 7 aromatic carbocycles. The number of allylic oxidation sites excluding steroid dienone is 5. The van der Waals surface area contributed by atoms with Gasteiger partial charge in [-0.3, -0.25) is 0 Å². The van der Waals surface area contributed by atoms with Crippen LogP contribution in [0.3, 0.4) is 0 Å². The van der Waals surface area contributed by atoms with Gasteiger partial charge in [0.2, 0.25) is 0 Å². The molecule has 0 aliphatic carbocycles. The largest absolute Gasteiger partial charge is 0.456 e. The Hall–Kier alpha value is -5.66. The van der Waals surface area contributed by atoms with Crippen molar-refractivity contribution in [1.29, 1.82) is 0 Å². The predicted molar refractivity (Wildman–Crippen MR) is 190 cm³/mol. The Balaban J connectivity index is 1.23. The molecule has 0 fully saturated rings. The van der Waals surface area contributed by atoms with Crippen molar-refractivity contribution in [2.75, 3.05) is 0 Å². The minimum absolute atomic E-state index is 0.914. The van der Waals surface area contributed by atoms with E-state index in [1.165, 1.54) is 60.1 Å². The van der Waals surface area contributed by atoms with Crippen LogP contribution in [0.5, 0.6) is 0 Å². The first-order valence-corrected chi connectivity index (χ1v) is 15.0. The number of fused-ring (bicyclic) bond motifs is 6. The van der Waals surface area contributed by atoms with Crippen molar-refractivity contribution in [2.24, 2.45) is 0 Å². The first-order chi connectivity index (χ1) is 21.7. The monoisotopic (exact) mass is 562 g/mol. The zero-order valence-electron chi connectivity index (χ0n) is 24.5. The molecule has 8 aromatic rings. The van der Waals surface area contributed by atoms with Gasteiger partial charge in [0.1, 0.15) is 11.2 Å². The van der Waals surface area contributed by atoms with Crippen LogP contribution in [0.1, 0.15) is 18.1 Å². The van der Waals surface area contributed by atoms with E-state index in [2.05, 4.69) is 153 Å². The van der Waals surface area contributed by atoms with E-state index in [0.717, 1.165) is 27.5 Å². The molecular formula is C43H30O. The quantitative estimate of drug-likeness (QED) is 0.150. The van der Waals surface area contributed by atoms with Crippen molar-refractivity contribution in [2.45, 2.75) is 6.92 Å². The maximum Gasteiger partial charge on any atom is 0.135 e. The fourth-order valence-electron chi connectivity index (χ4n) is 6.67. The van der Waals surface area contributed by atoms with E-state index in [1.807, 2.05) is 12.1 Å². The van der Waals surface area contributed by atoms with Crippen LogP contribution in [0, 0.1) is 0 Å². The average Bonchev–Trinajstić information content (AvgIpc) is 3.45. The third-order valence-electron chi connectivity index (χ3n) is 8.79. The minimum atomic E-state index is 0.914. The van der Waals surface area contributed by atoms with Gasteiger partial charge in [-0.15, -0.1) is 0 Å². The smallest absolute Gasteiger partial charge is 0.135 e. The van der Waals surface area contributed by atoms with Crippen LogP contribution in [-0.4, -0.2) is 0 Å². The Morgan fingerprint density at radius 3 is 1.91 bits per heavy atom. The van der Waals surface area contributed by atoms with Gasteiger partial charge in [0.25, 0.3) is 0 Å². The SMILES string of the molecule is C=C(/C=C\C=C(/C)c1ccc2oc3ccccc3c2c1)c1c2ccccc2c(-c2cccc3ccccc23)c2ccccc12. The molecule has 208 valence electrons. The Kier molecular flexibility index (Phi) is 6.24. The predicted octanol–water partition coefficient (Wildman–Crippen LogP) is 12.4. The third-order valence-corrected chi connectivity index (χ3v) is 8.79. The van der Waals surface area contributed by atoms with Gasteiger partial charge in [-0.25, -0.2) is 0 Å². The molecule has 0 saturated heterocycles. The maximum absolute atomic E-state index is 6.03. The number of para-hydroxylation sites is 1. The molecule has 0 atom stereocenters. The number of furan rings is 1. The molecule has 1 heteroatoms. The number of hydrogen-bond donors (Lipinski definition) is 0. The van der Waals surface area contributed by atoms with Crippen LogP contribution < -0.4 is 0 Å². The standard InChI is InChI=1S/C43H30O/c1-28(31-25-26-41-39(27-31)33-18-9-10-24-40(33)44-41)13-11-14-29(2)42-35-19-5-7-21-37(35)43(38-22-8-6-20-36(38)42)34-23-12-16-30-15-3-4-17-32(30)34/h3-27H,2H2,1H3/b14-11-,28-13+. The Morgan fingerprint density at radius 2 is 1.16 bits per heavy atom. The summed E-state index contributed by atoms with van der Waals surface area (Å²) in [6.07, 6.45) is 6.43. The van der Waals surface area contributed by atoms with E-state index >= 15 is 0 Å². The van der Waals surface area contributed by atoms with Crippen molar-refractivity contribution in [3.8, 4) is 11.1 Å². The number of benzene rings is 7. The first-order valence-electron chi connectivity index (χ1n) is 15.0. The summed E-state index contributed by atoms with van der Waals surface area (Å²) in [5, 5.41) is 9.69. The van der Waals surface area contributed by atoms with Gasteiger partial charge in [-0.1, -0.05) is 140 Å². The van der Waals surface area contributed by atoms with Gasteiger partial charge in [-0.2, -0.15) is 0 Å². The molecule has 1 aromatic heterocycles. The maximum atomic E-state index is 6.03. The molecule has 0 spiro atoms. The van der Waals surface area contributed by atoms with Crippen molar-refractivity contribution >= 4 is 65.4 Å². The lowest BCUT2D eigenvalue weighted by Crippen LogP contribution is -1.92. The first kappa shape index (κ1) is 26.0. The molecule has 1 nitrogen and oxygen atoms in total. The van der Waals surface area contributed by atoms with Crippen molar-refractivity contribution in [1.82, 2.24) is 0 Å². The topological polar surface area (TPSA) is 13.1 Å². The second-order valence-corrected chi connectivity index (χ2v) is 11.4. The highest BCUT2D eigenvalue weighted by molar-refractivity contribution is 6.21. The molecule has 0 radical (unpaired) electrons. The molecule has 0 saturated carbocycles. The van der Waals surface area contributed by atoms with E-state index in [1.54, 1.807) is 0 Å². The summed E-state index contributed by atoms with van der Waals surface area (Å²) in [5.74, 6) is 0. The molecule has 0 aliphatic heterocycles. The lowest BCUT2D eigenvalue weighted by Gasteiger charge is -2.18. The van der Waals surface area contributed by atoms with Crippen LogP contribution in [-0.2, 0) is 0 Å². The van der Waals surface area contributed by atoms with Crippen LogP contribution in [0.2, 0.25) is 0 Å². The summed E-state index contributed by atoms with van der Waals surface area (Å²) >= 11 is 0. The summed E-state index contributed by atoms with van der Waals surface area (Å²) in [7, 11) is 0. The fourth-order valence-corrected chi connectivity index (χ4v) is 6.67. The molecular weight excluding hydrogens is 532 g/mol. The summed E-state index contributed by atoms with van der Waals surface area (Å²) in [6.45, 7) is 6.74. The Labute approximate surface area is 256 Å². The molecule has 8 rings (SSSR count). The van der Waals surface area contributed by atoms with E-state index < -0.39 is 0 Å². The van der Waals surface area contributed by atoms with E-state index in [4.69, 9.17) is 4.42 Å². The van der Waals surface area contributed by atoms with Gasteiger partial charge in [-0.05, 0) is 90.8 Å². The van der Waals surface area contributed by atoms with E-state index in [9.17, 15) is 0 Å². The highest BCUT2D eigenvalue weighted by Crippen LogP contribution is 2.43. The zero-order chi connectivity index (χ0) is 29.6. The summed E-state index contributed by atoms with van der Waals surface area (Å²) < 4.78 is 6.03. The molecule has 0 aliphatic rings. The molecule has 0 N–H and O–H groups in total. The van der Waals surface area contributed by atoms with Crippen molar-refractivity contribution in [3.05, 3.63) is 169 Å². The van der Waals surface area contributed by atoms with E-state index in [0.29, 0.717) is 0 Å². The van der Waals surface area contributed by atoms with Crippen LogP contribution in [0.4, 0.5) is 0 Å². The number of hydrogen-bond acceptors (Lipinski definition) is 1. The normalized spacial score (nSPS) is 12.3. The van der Waals surface area contributed by atoms with Gasteiger partial charge in [0.05, 0.1) is 0 Å². The van der Waals surface area contributed by atoms with Gasteiger partial charge < -0.3 is 4.42 Å². The summed E-state index contributed by atoms with van der Waals surface area (Å²) in [5.41, 5.74) is 8.88. The van der Waals surface area contributed by atoms with Gasteiger partial charge >= 0.3 is 0 Å². The molecule has 0 amide bonds. The van der Waals surface area contributed by atoms with Crippen molar-refractivity contribution in [3.63, 3.8) is 0 Å². The van der Waals surface area contributed by atoms with Gasteiger partial charge in [0.15, 0.2) is 0 Å². The van der Waals surface area contributed by atoms with E-state index in [-0.39, 0.29) is 0 Å². The Morgan fingerprint density at radius 1 is 0.568 bits per heavy atom. The second kappa shape index (κ2) is 10.6. The third kappa shape index (κ3) is 4.25. The average molecular weight is 563 g/mol. The molecule has 0 unspecified atom stereocenters.